The summed E-state index contributed by atoms with van der Waals surface area (Å²) in [5.41, 5.74) is 0. The van der Waals surface area contributed by atoms with Crippen LogP contribution in [0.1, 0.15) is 206 Å². The Morgan fingerprint density at radius 1 is 0.536 bits per heavy atom. The van der Waals surface area contributed by atoms with Gasteiger partial charge in [-0.25, -0.2) is 0 Å². The Morgan fingerprint density at radius 2 is 0.911 bits per heavy atom. The lowest BCUT2D eigenvalue weighted by atomic mass is 10.00. The smallest absolute Gasteiger partial charge is 0.306 e. The summed E-state index contributed by atoms with van der Waals surface area (Å²) >= 11 is 0. The van der Waals surface area contributed by atoms with E-state index in [2.05, 4.69) is 13.8 Å². The van der Waals surface area contributed by atoms with Crippen LogP contribution >= 0.6 is 0 Å². The van der Waals surface area contributed by atoms with Gasteiger partial charge < -0.3 is 34.3 Å². The summed E-state index contributed by atoms with van der Waals surface area (Å²) in [5, 5.41) is 30.8. The molecule has 0 spiro atoms. The highest BCUT2D eigenvalue weighted by atomic mass is 32.2. The standard InChI is InChI=1S/C43H82O12S/c1-3-5-7-9-11-13-15-17-19-21-23-25-27-29-31-38(44)52-33-36(34-53-43-42(48)41(47)40(46)37(55-43)35-56(49,50)51)54-39(45)32-30-28-26-24-22-20-18-16-14-12-10-8-6-4-2/h36-37,40-43,46-48H,3-35H2,1-2H3,(H,49,50,51)/t36-,37-,40-,41?,42?,43+/m1/s1. The molecule has 0 saturated carbocycles. The third-order valence-electron chi connectivity index (χ3n) is 10.7. The molecular weight excluding hydrogens is 741 g/mol. The van der Waals surface area contributed by atoms with Crippen molar-refractivity contribution in [2.75, 3.05) is 19.0 Å². The van der Waals surface area contributed by atoms with Gasteiger partial charge in [-0.15, -0.1) is 0 Å². The van der Waals surface area contributed by atoms with Crippen LogP contribution in [-0.2, 0) is 38.7 Å². The molecule has 0 bridgehead atoms. The van der Waals surface area contributed by atoms with Gasteiger partial charge in [-0.2, -0.15) is 8.42 Å². The lowest BCUT2D eigenvalue weighted by Crippen LogP contribution is -2.60. The van der Waals surface area contributed by atoms with Crippen molar-refractivity contribution in [3.05, 3.63) is 0 Å². The highest BCUT2D eigenvalue weighted by Crippen LogP contribution is 2.24. The number of esters is 2. The summed E-state index contributed by atoms with van der Waals surface area (Å²) in [6.45, 7) is 3.77. The van der Waals surface area contributed by atoms with Crippen molar-refractivity contribution < 1.29 is 56.8 Å². The molecule has 56 heavy (non-hydrogen) atoms. The molecule has 1 saturated heterocycles. The maximum atomic E-state index is 12.8. The van der Waals surface area contributed by atoms with Crippen LogP contribution < -0.4 is 0 Å². The molecule has 0 radical (unpaired) electrons. The van der Waals surface area contributed by atoms with Gasteiger partial charge in [0, 0.05) is 12.8 Å². The van der Waals surface area contributed by atoms with Crippen LogP contribution in [0.15, 0.2) is 0 Å². The van der Waals surface area contributed by atoms with E-state index in [1.54, 1.807) is 0 Å². The average Bonchev–Trinajstić information content (AvgIpc) is 3.16. The van der Waals surface area contributed by atoms with Gasteiger partial charge in [0.1, 0.15) is 36.8 Å². The van der Waals surface area contributed by atoms with Gasteiger partial charge in [-0.3, -0.25) is 14.1 Å². The van der Waals surface area contributed by atoms with Gasteiger partial charge in [0.25, 0.3) is 10.1 Å². The number of rotatable bonds is 38. The van der Waals surface area contributed by atoms with Gasteiger partial charge in [0.15, 0.2) is 12.4 Å². The molecule has 13 heteroatoms. The largest absolute Gasteiger partial charge is 0.462 e. The molecule has 6 atom stereocenters. The highest BCUT2D eigenvalue weighted by molar-refractivity contribution is 7.85. The molecule has 1 aliphatic heterocycles. The SMILES string of the molecule is CCCCCCCCCCCCCCCCC(=O)OC[C@H](CO[C@H]1O[C@H](CS(=O)(=O)O)[C@@H](O)C(O)C1O)OC(=O)CCCCCCCCCCCCCCCC. The van der Waals surface area contributed by atoms with Crippen molar-refractivity contribution >= 4 is 22.1 Å². The third-order valence-corrected chi connectivity index (χ3v) is 11.4. The highest BCUT2D eigenvalue weighted by Gasteiger charge is 2.46. The first-order valence-electron chi connectivity index (χ1n) is 22.6. The first-order valence-corrected chi connectivity index (χ1v) is 24.2. The number of aliphatic hydroxyl groups excluding tert-OH is 3. The van der Waals surface area contributed by atoms with Crippen LogP contribution in [0.4, 0.5) is 0 Å². The molecule has 2 unspecified atom stereocenters. The van der Waals surface area contributed by atoms with Crippen LogP contribution in [0, 0.1) is 0 Å². The van der Waals surface area contributed by atoms with E-state index in [4.69, 9.17) is 18.9 Å². The lowest BCUT2D eigenvalue weighted by Gasteiger charge is -2.40. The van der Waals surface area contributed by atoms with E-state index in [1.165, 1.54) is 128 Å². The van der Waals surface area contributed by atoms with Crippen LogP contribution in [0.25, 0.3) is 0 Å². The fraction of sp³-hybridized carbons (Fsp3) is 0.953. The van der Waals surface area contributed by atoms with Crippen molar-refractivity contribution in [2.24, 2.45) is 0 Å². The lowest BCUT2D eigenvalue weighted by molar-refractivity contribution is -0.297. The van der Waals surface area contributed by atoms with Crippen LogP contribution in [0.5, 0.6) is 0 Å². The maximum absolute atomic E-state index is 12.8. The zero-order valence-electron chi connectivity index (χ0n) is 35.3. The van der Waals surface area contributed by atoms with Crippen molar-refractivity contribution in [1.82, 2.24) is 0 Å². The topological polar surface area (TPSA) is 186 Å². The monoisotopic (exact) mass is 823 g/mol. The minimum Gasteiger partial charge on any atom is -0.462 e. The molecule has 0 aromatic heterocycles. The first kappa shape index (κ1) is 52.7. The number of carbonyl (C=O) groups is 2. The summed E-state index contributed by atoms with van der Waals surface area (Å²) in [6.07, 6.45) is 24.3. The molecule has 1 rings (SSSR count). The van der Waals surface area contributed by atoms with E-state index in [1.807, 2.05) is 0 Å². The molecule has 0 aliphatic carbocycles. The molecule has 12 nitrogen and oxygen atoms in total. The van der Waals surface area contributed by atoms with Crippen molar-refractivity contribution in [1.29, 1.82) is 0 Å². The average molecular weight is 823 g/mol. The van der Waals surface area contributed by atoms with E-state index < -0.39 is 71.2 Å². The predicted octanol–water partition coefficient (Wildman–Crippen LogP) is 8.90. The summed E-state index contributed by atoms with van der Waals surface area (Å²) in [7, 11) is -4.59. The zero-order valence-corrected chi connectivity index (χ0v) is 36.1. The van der Waals surface area contributed by atoms with E-state index in [0.717, 1.165) is 38.5 Å². The Morgan fingerprint density at radius 3 is 1.30 bits per heavy atom. The molecule has 0 amide bonds. The summed E-state index contributed by atoms with van der Waals surface area (Å²) < 4.78 is 54.0. The molecule has 1 aliphatic rings. The van der Waals surface area contributed by atoms with Gasteiger partial charge in [-0.05, 0) is 12.8 Å². The summed E-state index contributed by atoms with van der Waals surface area (Å²) in [4.78, 5) is 25.4. The Balaban J connectivity index is 2.44. The molecule has 332 valence electrons. The summed E-state index contributed by atoms with van der Waals surface area (Å²) in [6, 6.07) is 0. The van der Waals surface area contributed by atoms with E-state index in [0.29, 0.717) is 12.8 Å². The van der Waals surface area contributed by atoms with Crippen LogP contribution in [0.2, 0.25) is 0 Å². The molecule has 0 aromatic rings. The van der Waals surface area contributed by atoms with Crippen LogP contribution in [0.3, 0.4) is 0 Å². The zero-order chi connectivity index (χ0) is 41.3. The number of ether oxygens (including phenoxy) is 4. The predicted molar refractivity (Wildman–Crippen MR) is 220 cm³/mol. The second-order valence-corrected chi connectivity index (χ2v) is 17.6. The van der Waals surface area contributed by atoms with E-state index in [-0.39, 0.29) is 19.4 Å². The number of unbranched alkanes of at least 4 members (excludes halogenated alkanes) is 26. The maximum Gasteiger partial charge on any atom is 0.306 e. The molecular formula is C43H82O12S. The van der Waals surface area contributed by atoms with Gasteiger partial charge in [0.2, 0.25) is 0 Å². The second-order valence-electron chi connectivity index (χ2n) is 16.1. The first-order chi connectivity index (χ1) is 27.0. The minimum atomic E-state index is -4.59. The van der Waals surface area contributed by atoms with Crippen LogP contribution in [-0.4, -0.2) is 96.0 Å². The third kappa shape index (κ3) is 29.0. The number of hydrogen-bond donors (Lipinski definition) is 4. The van der Waals surface area contributed by atoms with Gasteiger partial charge >= 0.3 is 11.9 Å². The van der Waals surface area contributed by atoms with Crippen molar-refractivity contribution in [3.63, 3.8) is 0 Å². The fourth-order valence-electron chi connectivity index (χ4n) is 7.15. The molecule has 0 aromatic carbocycles. The number of aliphatic hydroxyl groups is 3. The normalized spacial score (nSPS) is 20.6. The Kier molecular flexibility index (Phi) is 32.5. The Hall–Kier alpha value is -1.35. The van der Waals surface area contributed by atoms with E-state index >= 15 is 0 Å². The summed E-state index contributed by atoms with van der Waals surface area (Å²) in [5.74, 6) is -1.96. The molecule has 1 heterocycles. The molecule has 4 N–H and O–H groups in total. The van der Waals surface area contributed by atoms with Gasteiger partial charge in [-0.1, -0.05) is 181 Å². The molecule has 1 fully saturated rings. The van der Waals surface area contributed by atoms with Gasteiger partial charge in [0.05, 0.1) is 6.61 Å². The Bertz CT molecular complexity index is 1060. The van der Waals surface area contributed by atoms with E-state index in [9.17, 15) is 37.9 Å². The van der Waals surface area contributed by atoms with Crippen molar-refractivity contribution in [3.8, 4) is 0 Å². The number of hydrogen-bond acceptors (Lipinski definition) is 11. The fourth-order valence-corrected chi connectivity index (χ4v) is 7.84. The second kappa shape index (κ2) is 34.5. The Labute approximate surface area is 340 Å². The minimum absolute atomic E-state index is 0.172. The quantitative estimate of drug-likeness (QED) is 0.0264. The number of carbonyl (C=O) groups excluding carboxylic acids is 2. The van der Waals surface area contributed by atoms with Crippen molar-refractivity contribution in [2.45, 2.75) is 243 Å².